The highest BCUT2D eigenvalue weighted by atomic mass is 16.6. The van der Waals surface area contributed by atoms with E-state index in [1.54, 1.807) is 6.08 Å². The molecule has 0 saturated carbocycles. The topological polar surface area (TPSA) is 60.2 Å². The average Bonchev–Trinajstić information content (AvgIpc) is 2.63. The van der Waals surface area contributed by atoms with E-state index in [1.807, 2.05) is 37.5 Å². The first-order chi connectivity index (χ1) is 12.7. The number of hydrogen-bond donors (Lipinski definition) is 0. The number of rotatable bonds is 16. The Kier molecular flexibility index (Phi) is 17.5. The first-order valence-corrected chi connectivity index (χ1v) is 9.50. The van der Waals surface area contributed by atoms with Gasteiger partial charge < -0.3 is 0 Å². The third-order valence-corrected chi connectivity index (χ3v) is 3.65. The molecule has 143 valence electrons. The Labute approximate surface area is 158 Å². The van der Waals surface area contributed by atoms with Crippen LogP contribution in [0.1, 0.15) is 71.1 Å². The Morgan fingerprint density at radius 2 is 1.54 bits per heavy atom. The van der Waals surface area contributed by atoms with Crippen LogP contribution in [0.15, 0.2) is 60.4 Å². The van der Waals surface area contributed by atoms with Crippen LogP contribution in [0.4, 0.5) is 0 Å². The van der Waals surface area contributed by atoms with Crippen molar-refractivity contribution in [2.45, 2.75) is 71.1 Å². The Hall–Kier alpha value is -2.23. The fraction of sp³-hybridized carbons (Fsp3) is 0.500. The molecule has 0 aromatic rings. The Bertz CT molecular complexity index is 513. The van der Waals surface area contributed by atoms with Gasteiger partial charge in [-0.25, -0.2) is 0 Å². The van der Waals surface area contributed by atoms with Crippen LogP contribution in [0.3, 0.4) is 0 Å². The highest BCUT2D eigenvalue weighted by molar-refractivity contribution is 5.50. The van der Waals surface area contributed by atoms with Crippen molar-refractivity contribution in [2.75, 3.05) is 0 Å². The lowest BCUT2D eigenvalue weighted by Gasteiger charge is -1.93. The smallest absolute Gasteiger partial charge is 0.246 e. The van der Waals surface area contributed by atoms with Gasteiger partial charge in [0.1, 0.15) is 0 Å². The van der Waals surface area contributed by atoms with E-state index < -0.39 is 0 Å². The van der Waals surface area contributed by atoms with Gasteiger partial charge in [-0.15, -0.1) is 0 Å². The minimum Gasteiger partial charge on any atom is -0.291 e. The van der Waals surface area contributed by atoms with E-state index in [-0.39, 0.29) is 10.6 Å². The van der Waals surface area contributed by atoms with Gasteiger partial charge in [0.05, 0.1) is 11.3 Å². The summed E-state index contributed by atoms with van der Waals surface area (Å²) in [6.07, 6.45) is 28.3. The van der Waals surface area contributed by atoms with Crippen molar-refractivity contribution in [3.05, 3.63) is 70.5 Å². The predicted octanol–water partition coefficient (Wildman–Crippen LogP) is 6.40. The summed E-state index contributed by atoms with van der Waals surface area (Å²) >= 11 is 0. The van der Waals surface area contributed by atoms with Crippen LogP contribution in [0.2, 0.25) is 0 Å². The zero-order valence-corrected chi connectivity index (χ0v) is 15.9. The summed E-state index contributed by atoms with van der Waals surface area (Å²) in [5.74, 6) is 0. The molecule has 1 radical (unpaired) electrons. The molecule has 4 nitrogen and oxygen atoms in total. The summed E-state index contributed by atoms with van der Waals surface area (Å²) < 4.78 is 0. The van der Waals surface area contributed by atoms with Gasteiger partial charge in [0.2, 0.25) is 5.70 Å². The quantitative estimate of drug-likeness (QED) is 0.139. The maximum absolute atomic E-state index is 10.9. The molecule has 0 amide bonds. The fourth-order valence-electron chi connectivity index (χ4n) is 2.20. The number of carbonyl (C=O) groups excluding carboxylic acids is 1. The molecule has 0 rings (SSSR count). The number of allylic oxidation sites excluding steroid dienone is 9. The second kappa shape index (κ2) is 19.1. The van der Waals surface area contributed by atoms with Crippen LogP contribution in [0.25, 0.3) is 0 Å². The highest BCUT2D eigenvalue weighted by Gasteiger charge is 2.05. The maximum atomic E-state index is 10.9. The standard InChI is InChI=1S/C22H32NO3/c1-2-3-16-19-22(23(25)26)20-17-14-12-10-8-6-4-5-7-9-11-13-15-18-21-24/h3,5-8,12,14,16,20H,2,4,9-11,13,15,17-19H2,1H3/b7-5+,8-6+,14-12+,16-3+,22-20-. The average molecular weight is 359 g/mol. The van der Waals surface area contributed by atoms with Crippen LogP contribution < -0.4 is 0 Å². The van der Waals surface area contributed by atoms with Crippen LogP contribution >= 0.6 is 0 Å². The van der Waals surface area contributed by atoms with Crippen LogP contribution in [-0.2, 0) is 4.79 Å². The Morgan fingerprint density at radius 3 is 2.15 bits per heavy atom. The molecular formula is C22H32NO3. The van der Waals surface area contributed by atoms with E-state index in [1.165, 1.54) is 0 Å². The molecule has 0 heterocycles. The molecule has 0 aliphatic heterocycles. The normalized spacial score (nSPS) is 12.9. The summed E-state index contributed by atoms with van der Waals surface area (Å²) in [5.41, 5.74) is 0.254. The molecular weight excluding hydrogens is 326 g/mol. The van der Waals surface area contributed by atoms with Gasteiger partial charge in [-0.2, -0.15) is 0 Å². The SMILES string of the molecule is CC/C=C/C/C(=C/C/C=C/C/C=C/C/C=C/CCCCC[C]=O)[N+](=O)[O-]. The summed E-state index contributed by atoms with van der Waals surface area (Å²) in [5, 5.41) is 10.9. The van der Waals surface area contributed by atoms with Crippen molar-refractivity contribution < 1.29 is 9.72 Å². The summed E-state index contributed by atoms with van der Waals surface area (Å²) in [4.78, 5) is 20.7. The number of nitro groups is 1. The molecule has 0 N–H and O–H groups in total. The van der Waals surface area contributed by atoms with E-state index in [9.17, 15) is 14.9 Å². The predicted molar refractivity (Wildman–Crippen MR) is 109 cm³/mol. The van der Waals surface area contributed by atoms with E-state index >= 15 is 0 Å². The zero-order chi connectivity index (χ0) is 19.3. The molecule has 0 aromatic carbocycles. The van der Waals surface area contributed by atoms with Gasteiger partial charge in [-0.05, 0) is 51.0 Å². The van der Waals surface area contributed by atoms with Crippen LogP contribution in [0, 0.1) is 10.1 Å². The lowest BCUT2D eigenvalue weighted by molar-refractivity contribution is -0.427. The molecule has 0 aliphatic carbocycles. The molecule has 0 aliphatic rings. The van der Waals surface area contributed by atoms with E-state index in [2.05, 4.69) is 24.3 Å². The maximum Gasteiger partial charge on any atom is 0.246 e. The largest absolute Gasteiger partial charge is 0.291 e. The molecule has 4 heteroatoms. The minimum atomic E-state index is -0.305. The van der Waals surface area contributed by atoms with Crippen molar-refractivity contribution >= 4 is 6.29 Å². The van der Waals surface area contributed by atoms with Crippen molar-refractivity contribution in [3.8, 4) is 0 Å². The van der Waals surface area contributed by atoms with Gasteiger partial charge >= 0.3 is 0 Å². The summed E-state index contributed by atoms with van der Waals surface area (Å²) in [6.45, 7) is 2.01. The second-order valence-corrected chi connectivity index (χ2v) is 5.90. The second-order valence-electron chi connectivity index (χ2n) is 5.90. The van der Waals surface area contributed by atoms with Gasteiger partial charge in [0, 0.05) is 6.42 Å². The van der Waals surface area contributed by atoms with Crippen LogP contribution in [0.5, 0.6) is 0 Å². The van der Waals surface area contributed by atoms with E-state index in [0.29, 0.717) is 19.3 Å². The zero-order valence-electron chi connectivity index (χ0n) is 15.9. The van der Waals surface area contributed by atoms with Crippen LogP contribution in [-0.4, -0.2) is 11.2 Å². The first-order valence-electron chi connectivity index (χ1n) is 9.50. The van der Waals surface area contributed by atoms with E-state index in [0.717, 1.165) is 44.9 Å². The van der Waals surface area contributed by atoms with Gasteiger partial charge in [0.15, 0.2) is 6.29 Å². The monoisotopic (exact) mass is 358 g/mol. The van der Waals surface area contributed by atoms with Crippen molar-refractivity contribution in [1.29, 1.82) is 0 Å². The van der Waals surface area contributed by atoms with Gasteiger partial charge in [0.25, 0.3) is 0 Å². The highest BCUT2D eigenvalue weighted by Crippen LogP contribution is 2.06. The minimum absolute atomic E-state index is 0.254. The van der Waals surface area contributed by atoms with Gasteiger partial charge in [-0.1, -0.05) is 62.0 Å². The molecule has 0 spiro atoms. The molecule has 0 fully saturated rings. The Balaban J connectivity index is 3.82. The molecule has 0 aromatic heterocycles. The molecule has 0 bridgehead atoms. The molecule has 26 heavy (non-hydrogen) atoms. The number of unbranched alkanes of at least 4 members (excludes halogenated alkanes) is 4. The number of hydrogen-bond acceptors (Lipinski definition) is 3. The third-order valence-electron chi connectivity index (χ3n) is 3.65. The summed E-state index contributed by atoms with van der Waals surface area (Å²) in [6, 6.07) is 0. The summed E-state index contributed by atoms with van der Waals surface area (Å²) in [7, 11) is 0. The van der Waals surface area contributed by atoms with Crippen molar-refractivity contribution in [2.24, 2.45) is 0 Å². The Morgan fingerprint density at radius 1 is 0.885 bits per heavy atom. The van der Waals surface area contributed by atoms with Crippen molar-refractivity contribution in [3.63, 3.8) is 0 Å². The first kappa shape index (κ1) is 23.8. The molecule has 0 atom stereocenters. The molecule has 0 saturated heterocycles. The number of nitrogens with zero attached hydrogens (tertiary/aromatic N) is 1. The lowest BCUT2D eigenvalue weighted by Crippen LogP contribution is -1.97. The van der Waals surface area contributed by atoms with Gasteiger partial charge in [-0.3, -0.25) is 14.9 Å². The third kappa shape index (κ3) is 16.6. The lowest BCUT2D eigenvalue weighted by atomic mass is 10.1. The molecule has 0 unspecified atom stereocenters. The fourth-order valence-corrected chi connectivity index (χ4v) is 2.20. The van der Waals surface area contributed by atoms with E-state index in [4.69, 9.17) is 0 Å². The van der Waals surface area contributed by atoms with Crippen molar-refractivity contribution in [1.82, 2.24) is 0 Å².